The number of aryl methyl sites for hydroxylation is 1. The van der Waals surface area contributed by atoms with Gasteiger partial charge in [0.15, 0.2) is 5.65 Å². The highest BCUT2D eigenvalue weighted by molar-refractivity contribution is 5.90. The maximum absolute atomic E-state index is 14.1. The molecule has 0 spiro atoms. The maximum Gasteiger partial charge on any atom is 0.168 e. The molecule has 0 radical (unpaired) electrons. The summed E-state index contributed by atoms with van der Waals surface area (Å²) in [6, 6.07) is 10.2. The van der Waals surface area contributed by atoms with Crippen molar-refractivity contribution < 1.29 is 8.81 Å². The monoisotopic (exact) mass is 323 g/mol. The van der Waals surface area contributed by atoms with Gasteiger partial charge in [-0.15, -0.1) is 0 Å². The largest absolute Gasteiger partial charge is 0.467 e. The van der Waals surface area contributed by atoms with Gasteiger partial charge in [0.2, 0.25) is 0 Å². The first-order chi connectivity index (χ1) is 11.7. The Morgan fingerprint density at radius 3 is 2.83 bits per heavy atom. The summed E-state index contributed by atoms with van der Waals surface area (Å²) in [6.45, 7) is 2.34. The minimum absolute atomic E-state index is 0.353. The Bertz CT molecular complexity index is 994. The van der Waals surface area contributed by atoms with E-state index in [4.69, 9.17) is 4.42 Å². The second kappa shape index (κ2) is 5.77. The van der Waals surface area contributed by atoms with Crippen LogP contribution in [0.3, 0.4) is 0 Å². The average molecular weight is 323 g/mol. The van der Waals surface area contributed by atoms with Gasteiger partial charge in [0, 0.05) is 0 Å². The van der Waals surface area contributed by atoms with Crippen LogP contribution >= 0.6 is 0 Å². The highest BCUT2D eigenvalue weighted by Crippen LogP contribution is 2.26. The van der Waals surface area contributed by atoms with Gasteiger partial charge in [-0.2, -0.15) is 5.10 Å². The molecule has 3 heterocycles. The lowest BCUT2D eigenvalue weighted by Gasteiger charge is -2.06. The van der Waals surface area contributed by atoms with Crippen LogP contribution in [0.5, 0.6) is 0 Å². The molecule has 24 heavy (non-hydrogen) atoms. The second-order valence-electron chi connectivity index (χ2n) is 5.30. The number of nitrogens with zero attached hydrogens (tertiary/aromatic N) is 4. The van der Waals surface area contributed by atoms with E-state index < -0.39 is 0 Å². The van der Waals surface area contributed by atoms with Crippen LogP contribution < -0.4 is 5.32 Å². The molecule has 0 fully saturated rings. The van der Waals surface area contributed by atoms with Crippen molar-refractivity contribution in [3.8, 4) is 5.69 Å². The second-order valence-corrected chi connectivity index (χ2v) is 5.30. The van der Waals surface area contributed by atoms with E-state index in [1.807, 2.05) is 19.1 Å². The smallest absolute Gasteiger partial charge is 0.168 e. The molecule has 1 aromatic carbocycles. The number of halogens is 1. The molecule has 0 saturated carbocycles. The van der Waals surface area contributed by atoms with E-state index in [-0.39, 0.29) is 5.82 Å². The number of aromatic nitrogens is 4. The van der Waals surface area contributed by atoms with Gasteiger partial charge in [0.1, 0.15) is 29.4 Å². The Kier molecular flexibility index (Phi) is 3.45. The van der Waals surface area contributed by atoms with Gasteiger partial charge in [-0.05, 0) is 31.2 Å². The summed E-state index contributed by atoms with van der Waals surface area (Å²) in [4.78, 5) is 8.57. The maximum atomic E-state index is 14.1. The van der Waals surface area contributed by atoms with E-state index in [0.29, 0.717) is 23.7 Å². The van der Waals surface area contributed by atoms with Crippen molar-refractivity contribution in [1.29, 1.82) is 0 Å². The number of para-hydroxylation sites is 1. The number of furan rings is 1. The molecular weight excluding hydrogens is 309 g/mol. The molecule has 4 rings (SSSR count). The highest BCUT2D eigenvalue weighted by atomic mass is 19.1. The summed E-state index contributed by atoms with van der Waals surface area (Å²) in [5, 5.41) is 8.41. The van der Waals surface area contributed by atoms with Crippen LogP contribution in [0.15, 0.2) is 53.4 Å². The quantitative estimate of drug-likeness (QED) is 0.623. The van der Waals surface area contributed by atoms with Crippen molar-refractivity contribution in [1.82, 2.24) is 19.7 Å². The van der Waals surface area contributed by atoms with Crippen molar-refractivity contribution in [3.63, 3.8) is 0 Å². The normalized spacial score (nSPS) is 11.1. The number of nitrogens with one attached hydrogen (secondary N) is 1. The Labute approximate surface area is 137 Å². The molecule has 0 aliphatic carbocycles. The van der Waals surface area contributed by atoms with Crippen LogP contribution in [0.4, 0.5) is 10.2 Å². The molecule has 7 heteroatoms. The van der Waals surface area contributed by atoms with Gasteiger partial charge in [-0.3, -0.25) is 0 Å². The predicted octanol–water partition coefficient (Wildman–Crippen LogP) is 3.47. The molecule has 0 atom stereocenters. The third-order valence-electron chi connectivity index (χ3n) is 3.73. The first-order valence-corrected chi connectivity index (χ1v) is 7.45. The van der Waals surface area contributed by atoms with E-state index in [9.17, 15) is 4.39 Å². The number of anilines is 1. The van der Waals surface area contributed by atoms with Crippen LogP contribution in [0.1, 0.15) is 11.5 Å². The molecule has 1 N–H and O–H groups in total. The average Bonchev–Trinajstić information content (AvgIpc) is 3.22. The third-order valence-corrected chi connectivity index (χ3v) is 3.73. The molecule has 0 aliphatic heterocycles. The van der Waals surface area contributed by atoms with Crippen LogP contribution in [0, 0.1) is 12.7 Å². The summed E-state index contributed by atoms with van der Waals surface area (Å²) in [7, 11) is 0. The van der Waals surface area contributed by atoms with Crippen molar-refractivity contribution in [2.24, 2.45) is 0 Å². The van der Waals surface area contributed by atoms with E-state index in [1.54, 1.807) is 24.5 Å². The van der Waals surface area contributed by atoms with Gasteiger partial charge < -0.3 is 9.73 Å². The third kappa shape index (κ3) is 2.40. The van der Waals surface area contributed by atoms with E-state index in [2.05, 4.69) is 20.4 Å². The molecular formula is C17H14FN5O. The fraction of sp³-hybridized carbons (Fsp3) is 0.118. The summed E-state index contributed by atoms with van der Waals surface area (Å²) in [6.07, 6.45) is 3.05. The number of benzene rings is 1. The van der Waals surface area contributed by atoms with Crippen molar-refractivity contribution in [2.75, 3.05) is 5.32 Å². The van der Waals surface area contributed by atoms with E-state index in [0.717, 1.165) is 16.8 Å². The fourth-order valence-electron chi connectivity index (χ4n) is 2.63. The molecule has 0 bridgehead atoms. The van der Waals surface area contributed by atoms with Gasteiger partial charge in [0.25, 0.3) is 0 Å². The first kappa shape index (κ1) is 14.4. The van der Waals surface area contributed by atoms with Gasteiger partial charge in [0.05, 0.1) is 23.9 Å². The topological polar surface area (TPSA) is 68.8 Å². The molecule has 0 aliphatic rings. The zero-order chi connectivity index (χ0) is 16.5. The SMILES string of the molecule is Cc1nn(-c2ccccc2F)c2ncnc(NCc3ccco3)c12. The van der Waals surface area contributed by atoms with Crippen LogP contribution in [-0.2, 0) is 6.54 Å². The minimum Gasteiger partial charge on any atom is -0.467 e. The van der Waals surface area contributed by atoms with E-state index >= 15 is 0 Å². The lowest BCUT2D eigenvalue weighted by atomic mass is 10.3. The van der Waals surface area contributed by atoms with Gasteiger partial charge >= 0.3 is 0 Å². The Hall–Kier alpha value is -3.22. The number of fused-ring (bicyclic) bond motifs is 1. The molecule has 0 amide bonds. The molecule has 3 aromatic heterocycles. The standard InChI is InChI=1S/C17H14FN5O/c1-11-15-16(19-9-12-5-4-8-24-12)20-10-21-17(15)23(22-11)14-7-3-2-6-13(14)18/h2-8,10H,9H2,1H3,(H,19,20,21). The predicted molar refractivity (Wildman–Crippen MR) is 87.4 cm³/mol. The summed E-state index contributed by atoms with van der Waals surface area (Å²) in [5.41, 5.74) is 1.62. The molecule has 0 unspecified atom stereocenters. The first-order valence-electron chi connectivity index (χ1n) is 7.45. The Morgan fingerprint density at radius 2 is 2.04 bits per heavy atom. The number of hydrogen-bond acceptors (Lipinski definition) is 5. The Morgan fingerprint density at radius 1 is 1.17 bits per heavy atom. The van der Waals surface area contributed by atoms with Crippen LogP contribution in [0.25, 0.3) is 16.7 Å². The molecule has 4 aromatic rings. The van der Waals surface area contributed by atoms with Gasteiger partial charge in [-0.25, -0.2) is 19.0 Å². The molecule has 0 saturated heterocycles. The minimum atomic E-state index is -0.356. The lowest BCUT2D eigenvalue weighted by Crippen LogP contribution is -2.03. The van der Waals surface area contributed by atoms with Crippen molar-refractivity contribution in [2.45, 2.75) is 13.5 Å². The summed E-state index contributed by atoms with van der Waals surface area (Å²) >= 11 is 0. The summed E-state index contributed by atoms with van der Waals surface area (Å²) in [5.74, 6) is 1.07. The van der Waals surface area contributed by atoms with Crippen molar-refractivity contribution >= 4 is 16.9 Å². The summed E-state index contributed by atoms with van der Waals surface area (Å²) < 4.78 is 20.9. The Balaban J connectivity index is 1.79. The van der Waals surface area contributed by atoms with Crippen LogP contribution in [-0.4, -0.2) is 19.7 Å². The highest BCUT2D eigenvalue weighted by Gasteiger charge is 2.17. The zero-order valence-electron chi connectivity index (χ0n) is 12.9. The van der Waals surface area contributed by atoms with E-state index in [1.165, 1.54) is 17.1 Å². The number of rotatable bonds is 4. The molecule has 6 nitrogen and oxygen atoms in total. The van der Waals surface area contributed by atoms with Crippen molar-refractivity contribution in [3.05, 3.63) is 66.3 Å². The fourth-order valence-corrected chi connectivity index (χ4v) is 2.63. The van der Waals surface area contributed by atoms with Crippen LogP contribution in [0.2, 0.25) is 0 Å². The lowest BCUT2D eigenvalue weighted by molar-refractivity contribution is 0.518. The zero-order valence-corrected chi connectivity index (χ0v) is 12.9. The number of hydrogen-bond donors (Lipinski definition) is 1. The van der Waals surface area contributed by atoms with Gasteiger partial charge in [-0.1, -0.05) is 12.1 Å². The molecule has 120 valence electrons.